The van der Waals surface area contributed by atoms with Gasteiger partial charge in [0.2, 0.25) is 0 Å². The number of likely N-dealkylation sites (N-methyl/N-ethyl adjacent to an activating group) is 1. The Morgan fingerprint density at radius 3 is 2.26 bits per heavy atom. The summed E-state index contributed by atoms with van der Waals surface area (Å²) in [4.78, 5) is 0. The van der Waals surface area contributed by atoms with E-state index in [9.17, 15) is 25.5 Å². The number of aliphatic hydroxyl groups is 6. The number of hydrogen-bond acceptors (Lipinski definition) is 10. The lowest BCUT2D eigenvalue weighted by Gasteiger charge is -2.45. The fraction of sp³-hybridized carbons (Fsp3) is 1.00. The third-order valence-electron chi connectivity index (χ3n) is 4.56. The van der Waals surface area contributed by atoms with Crippen molar-refractivity contribution in [1.82, 2.24) is 5.32 Å². The molecule has 10 heteroatoms. The molecule has 0 bridgehead atoms. The van der Waals surface area contributed by atoms with E-state index >= 15 is 0 Å². The SMILES string of the molecule is CNC1CC(N)C(O)C(OC2OC(CO)C(O)C(O)C2O)C1O. The average molecular weight is 338 g/mol. The van der Waals surface area contributed by atoms with Crippen LogP contribution in [0.4, 0.5) is 0 Å². The lowest BCUT2D eigenvalue weighted by molar-refractivity contribution is -0.327. The zero-order chi connectivity index (χ0) is 17.3. The summed E-state index contributed by atoms with van der Waals surface area (Å²) in [6.07, 6.45) is -10.5. The number of hydrogen-bond donors (Lipinski definition) is 8. The van der Waals surface area contributed by atoms with E-state index in [1.165, 1.54) is 0 Å². The van der Waals surface area contributed by atoms with Crippen molar-refractivity contribution in [3.05, 3.63) is 0 Å². The number of rotatable bonds is 4. The fourth-order valence-corrected chi connectivity index (χ4v) is 3.03. The van der Waals surface area contributed by atoms with Crippen molar-refractivity contribution in [2.45, 2.75) is 67.5 Å². The molecular formula is C13H26N2O8. The van der Waals surface area contributed by atoms with Gasteiger partial charge in [0.1, 0.15) is 30.5 Å². The van der Waals surface area contributed by atoms with Crippen LogP contribution in [0.5, 0.6) is 0 Å². The zero-order valence-corrected chi connectivity index (χ0v) is 12.8. The summed E-state index contributed by atoms with van der Waals surface area (Å²) >= 11 is 0. The van der Waals surface area contributed by atoms with Gasteiger partial charge in [0.05, 0.1) is 18.8 Å². The molecule has 10 nitrogen and oxygen atoms in total. The van der Waals surface area contributed by atoms with Crippen LogP contribution in [0, 0.1) is 0 Å². The highest BCUT2D eigenvalue weighted by atomic mass is 16.7. The van der Waals surface area contributed by atoms with E-state index in [0.717, 1.165) is 0 Å². The summed E-state index contributed by atoms with van der Waals surface area (Å²) in [5, 5.41) is 61.9. The Balaban J connectivity index is 2.11. The summed E-state index contributed by atoms with van der Waals surface area (Å²) in [7, 11) is 1.63. The minimum atomic E-state index is -1.61. The van der Waals surface area contributed by atoms with Crippen LogP contribution >= 0.6 is 0 Å². The van der Waals surface area contributed by atoms with Crippen LogP contribution in [0.15, 0.2) is 0 Å². The van der Waals surface area contributed by atoms with Crippen molar-refractivity contribution < 1.29 is 40.1 Å². The van der Waals surface area contributed by atoms with Crippen molar-refractivity contribution in [3.8, 4) is 0 Å². The van der Waals surface area contributed by atoms with Gasteiger partial charge in [-0.25, -0.2) is 0 Å². The molecule has 23 heavy (non-hydrogen) atoms. The van der Waals surface area contributed by atoms with Crippen molar-refractivity contribution in [2.24, 2.45) is 5.73 Å². The maximum absolute atomic E-state index is 10.3. The van der Waals surface area contributed by atoms with E-state index in [-0.39, 0.29) is 0 Å². The Labute approximate surface area is 133 Å². The van der Waals surface area contributed by atoms with E-state index in [1.54, 1.807) is 7.05 Å². The smallest absolute Gasteiger partial charge is 0.187 e. The van der Waals surface area contributed by atoms with Gasteiger partial charge in [-0.15, -0.1) is 0 Å². The van der Waals surface area contributed by atoms with Gasteiger partial charge in [-0.05, 0) is 13.5 Å². The van der Waals surface area contributed by atoms with Crippen LogP contribution in [0.3, 0.4) is 0 Å². The molecule has 0 radical (unpaired) electrons. The normalized spacial score (nSPS) is 51.7. The molecule has 9 N–H and O–H groups in total. The summed E-state index contributed by atoms with van der Waals surface area (Å²) in [5.41, 5.74) is 5.83. The monoisotopic (exact) mass is 338 g/mol. The maximum atomic E-state index is 10.3. The molecular weight excluding hydrogens is 312 g/mol. The first kappa shape index (κ1) is 18.9. The highest BCUT2D eigenvalue weighted by Crippen LogP contribution is 2.28. The standard InChI is InChI=1S/C13H26N2O8/c1-15-5-2-4(14)7(17)12(8(5)18)23-13-11(21)10(20)9(19)6(3-16)22-13/h4-13,15-21H,2-3,14H2,1H3. The van der Waals surface area contributed by atoms with Gasteiger partial charge < -0.3 is 51.2 Å². The Morgan fingerprint density at radius 1 is 1.04 bits per heavy atom. The Kier molecular flexibility index (Phi) is 6.30. The molecule has 136 valence electrons. The number of aliphatic hydroxyl groups excluding tert-OH is 6. The summed E-state index contributed by atoms with van der Waals surface area (Å²) in [5.74, 6) is 0. The lowest BCUT2D eigenvalue weighted by Crippen LogP contribution is -2.66. The van der Waals surface area contributed by atoms with Gasteiger partial charge in [-0.1, -0.05) is 0 Å². The van der Waals surface area contributed by atoms with Gasteiger partial charge in [0.25, 0.3) is 0 Å². The van der Waals surface area contributed by atoms with Gasteiger partial charge in [0.15, 0.2) is 6.29 Å². The predicted octanol–water partition coefficient (Wildman–Crippen LogP) is -4.79. The average Bonchev–Trinajstić information content (AvgIpc) is 2.54. The topological polar surface area (TPSA) is 178 Å². The Hall–Kier alpha value is -0.400. The first-order valence-electron chi connectivity index (χ1n) is 7.56. The van der Waals surface area contributed by atoms with Crippen LogP contribution in [0.25, 0.3) is 0 Å². The second-order valence-electron chi connectivity index (χ2n) is 6.07. The molecule has 1 heterocycles. The van der Waals surface area contributed by atoms with Crippen molar-refractivity contribution >= 4 is 0 Å². The van der Waals surface area contributed by atoms with Gasteiger partial charge >= 0.3 is 0 Å². The summed E-state index contributed by atoms with van der Waals surface area (Å²) in [6, 6.07) is -1.09. The number of nitrogens with one attached hydrogen (secondary N) is 1. The molecule has 1 aliphatic heterocycles. The Morgan fingerprint density at radius 2 is 1.70 bits per heavy atom. The van der Waals surface area contributed by atoms with Crippen molar-refractivity contribution in [1.29, 1.82) is 0 Å². The highest BCUT2D eigenvalue weighted by Gasteiger charge is 2.49. The van der Waals surface area contributed by atoms with Gasteiger partial charge in [0, 0.05) is 12.1 Å². The van der Waals surface area contributed by atoms with E-state index in [1.807, 2.05) is 0 Å². The first-order valence-corrected chi connectivity index (χ1v) is 7.56. The third kappa shape index (κ3) is 3.66. The van der Waals surface area contributed by atoms with E-state index < -0.39 is 67.7 Å². The van der Waals surface area contributed by atoms with Gasteiger partial charge in [-0.2, -0.15) is 0 Å². The third-order valence-corrected chi connectivity index (χ3v) is 4.56. The van der Waals surface area contributed by atoms with Crippen LogP contribution in [-0.4, -0.2) is 105 Å². The number of ether oxygens (including phenoxy) is 2. The van der Waals surface area contributed by atoms with Crippen molar-refractivity contribution in [3.63, 3.8) is 0 Å². The molecule has 1 aliphatic carbocycles. The molecule has 2 rings (SSSR count). The molecule has 0 aromatic carbocycles. The highest BCUT2D eigenvalue weighted by molar-refractivity contribution is 4.99. The van der Waals surface area contributed by atoms with Crippen LogP contribution < -0.4 is 11.1 Å². The van der Waals surface area contributed by atoms with E-state index in [4.69, 9.17) is 20.3 Å². The molecule has 0 aromatic heterocycles. The quantitative estimate of drug-likeness (QED) is 0.248. The largest absolute Gasteiger partial charge is 0.394 e. The van der Waals surface area contributed by atoms with Crippen LogP contribution in [-0.2, 0) is 9.47 Å². The van der Waals surface area contributed by atoms with Crippen LogP contribution in [0.1, 0.15) is 6.42 Å². The molecule has 10 unspecified atom stereocenters. The zero-order valence-electron chi connectivity index (χ0n) is 12.8. The molecule has 0 aromatic rings. The predicted molar refractivity (Wildman–Crippen MR) is 76.1 cm³/mol. The van der Waals surface area contributed by atoms with Crippen molar-refractivity contribution in [2.75, 3.05) is 13.7 Å². The lowest BCUT2D eigenvalue weighted by atomic mass is 9.84. The Bertz CT molecular complexity index is 387. The molecule has 0 spiro atoms. The number of nitrogens with two attached hydrogens (primary N) is 1. The minimum absolute atomic E-state index is 0.327. The summed E-state index contributed by atoms with van der Waals surface area (Å²) in [6.45, 7) is -0.598. The summed E-state index contributed by atoms with van der Waals surface area (Å²) < 4.78 is 10.7. The van der Waals surface area contributed by atoms with E-state index in [0.29, 0.717) is 6.42 Å². The fourth-order valence-electron chi connectivity index (χ4n) is 3.03. The van der Waals surface area contributed by atoms with E-state index in [2.05, 4.69) is 5.32 Å². The first-order chi connectivity index (χ1) is 10.8. The molecule has 10 atom stereocenters. The van der Waals surface area contributed by atoms with Crippen LogP contribution in [0.2, 0.25) is 0 Å². The molecule has 0 amide bonds. The maximum Gasteiger partial charge on any atom is 0.187 e. The molecule has 1 saturated heterocycles. The minimum Gasteiger partial charge on any atom is -0.394 e. The van der Waals surface area contributed by atoms with Gasteiger partial charge in [-0.3, -0.25) is 0 Å². The second-order valence-corrected chi connectivity index (χ2v) is 6.07. The molecule has 2 fully saturated rings. The molecule has 2 aliphatic rings. The second kappa shape index (κ2) is 7.66. The molecule has 1 saturated carbocycles.